The maximum Gasteiger partial charge on any atom is 0.265 e. The molecule has 0 N–H and O–H groups in total. The Morgan fingerprint density at radius 2 is 1.91 bits per heavy atom. The smallest absolute Gasteiger partial charge is 0.265 e. The summed E-state index contributed by atoms with van der Waals surface area (Å²) in [6.07, 6.45) is 0.750. The number of rotatable bonds is 3. The van der Waals surface area contributed by atoms with Gasteiger partial charge in [-0.1, -0.05) is 48.0 Å². The predicted molar refractivity (Wildman–Crippen MR) is 84.1 cm³/mol. The first kappa shape index (κ1) is 14.3. The lowest BCUT2D eigenvalue weighted by Crippen LogP contribution is -2.25. The van der Waals surface area contributed by atoms with Crippen LogP contribution in [0, 0.1) is 10.1 Å². The molecular weight excluding hydrogens is 304 g/mol. The molecular formula is C16H11ClN2O3. The zero-order valence-electron chi connectivity index (χ0n) is 11.4. The summed E-state index contributed by atoms with van der Waals surface area (Å²) in [5.74, 6) is -0.391. The molecule has 0 bridgehead atoms. The molecule has 0 saturated carbocycles. The van der Waals surface area contributed by atoms with Crippen molar-refractivity contribution in [1.82, 2.24) is 0 Å². The highest BCUT2D eigenvalue weighted by atomic mass is 35.5. The molecule has 0 atom stereocenters. The number of carbonyl (C=O) groups is 1. The fourth-order valence-electron chi connectivity index (χ4n) is 2.48. The third-order valence-corrected chi connectivity index (χ3v) is 3.67. The number of amides is 1. The summed E-state index contributed by atoms with van der Waals surface area (Å²) in [6, 6.07) is 14.3. The van der Waals surface area contributed by atoms with Crippen molar-refractivity contribution in [3.8, 4) is 0 Å². The molecule has 0 fully saturated rings. The molecule has 5 nitrogen and oxygen atoms in total. The van der Waals surface area contributed by atoms with Gasteiger partial charge >= 0.3 is 0 Å². The first-order chi connectivity index (χ1) is 10.6. The van der Waals surface area contributed by atoms with Gasteiger partial charge in [0, 0.05) is 10.6 Å². The standard InChI is InChI=1S/C16H11ClN2O3/c17-12-6-7-13-14(10-19(21)22)16(20)18(15(13)8-12)9-11-4-2-1-3-5-11/h1-8,10H,9H2. The van der Waals surface area contributed by atoms with Crippen molar-refractivity contribution < 1.29 is 9.72 Å². The zero-order chi connectivity index (χ0) is 15.7. The third kappa shape index (κ3) is 2.58. The molecule has 1 aliphatic rings. The van der Waals surface area contributed by atoms with E-state index < -0.39 is 10.8 Å². The largest absolute Gasteiger partial charge is 0.303 e. The number of nitrogens with zero attached hydrogens (tertiary/aromatic N) is 2. The highest BCUT2D eigenvalue weighted by molar-refractivity contribution is 6.34. The number of nitro groups is 1. The van der Waals surface area contributed by atoms with E-state index in [2.05, 4.69) is 0 Å². The maximum absolute atomic E-state index is 12.5. The quantitative estimate of drug-likeness (QED) is 0.495. The summed E-state index contributed by atoms with van der Waals surface area (Å²) in [5, 5.41) is 11.3. The molecule has 3 rings (SSSR count). The van der Waals surface area contributed by atoms with Gasteiger partial charge in [0.25, 0.3) is 5.91 Å². The first-order valence-corrected chi connectivity index (χ1v) is 6.95. The second-order valence-electron chi connectivity index (χ2n) is 4.87. The normalized spacial score (nSPS) is 15.2. The van der Waals surface area contributed by atoms with Crippen molar-refractivity contribution in [1.29, 1.82) is 0 Å². The Bertz CT molecular complexity index is 787. The molecule has 0 saturated heterocycles. The summed E-state index contributed by atoms with van der Waals surface area (Å²) >= 11 is 6.00. The second-order valence-corrected chi connectivity index (χ2v) is 5.30. The summed E-state index contributed by atoms with van der Waals surface area (Å²) in [4.78, 5) is 24.2. The van der Waals surface area contributed by atoms with Gasteiger partial charge in [-0.2, -0.15) is 0 Å². The van der Waals surface area contributed by atoms with Crippen LogP contribution in [0.5, 0.6) is 0 Å². The molecule has 0 aliphatic carbocycles. The zero-order valence-corrected chi connectivity index (χ0v) is 12.2. The second kappa shape index (κ2) is 5.61. The van der Waals surface area contributed by atoms with Gasteiger partial charge in [-0.05, 0) is 17.7 Å². The van der Waals surface area contributed by atoms with Crippen LogP contribution in [0.2, 0.25) is 5.02 Å². The van der Waals surface area contributed by atoms with Gasteiger partial charge in [0.1, 0.15) is 5.57 Å². The molecule has 0 radical (unpaired) electrons. The molecule has 1 amide bonds. The number of hydrogen-bond donors (Lipinski definition) is 0. The van der Waals surface area contributed by atoms with Crippen LogP contribution in [0.1, 0.15) is 11.1 Å². The van der Waals surface area contributed by atoms with Gasteiger partial charge in [0.15, 0.2) is 0 Å². The minimum atomic E-state index is -0.613. The molecule has 0 spiro atoms. The lowest BCUT2D eigenvalue weighted by atomic mass is 10.1. The summed E-state index contributed by atoms with van der Waals surface area (Å²) < 4.78 is 0. The third-order valence-electron chi connectivity index (χ3n) is 3.43. The van der Waals surface area contributed by atoms with Crippen LogP contribution in [0.3, 0.4) is 0 Å². The highest BCUT2D eigenvalue weighted by Crippen LogP contribution is 2.39. The maximum atomic E-state index is 12.5. The first-order valence-electron chi connectivity index (χ1n) is 6.57. The Morgan fingerprint density at radius 3 is 2.59 bits per heavy atom. The number of fused-ring (bicyclic) bond motifs is 1. The van der Waals surface area contributed by atoms with Crippen LogP contribution < -0.4 is 4.90 Å². The van der Waals surface area contributed by atoms with E-state index in [9.17, 15) is 14.9 Å². The fourth-order valence-corrected chi connectivity index (χ4v) is 2.65. The van der Waals surface area contributed by atoms with E-state index in [0.29, 0.717) is 22.8 Å². The number of carbonyl (C=O) groups excluding carboxylic acids is 1. The number of anilines is 1. The van der Waals surface area contributed by atoms with Crippen molar-refractivity contribution >= 4 is 28.8 Å². The van der Waals surface area contributed by atoms with E-state index in [1.807, 2.05) is 30.3 Å². The van der Waals surface area contributed by atoms with Crippen molar-refractivity contribution in [2.24, 2.45) is 0 Å². The topological polar surface area (TPSA) is 63.4 Å². The van der Waals surface area contributed by atoms with Crippen LogP contribution in [0.25, 0.3) is 5.57 Å². The lowest BCUT2D eigenvalue weighted by Gasteiger charge is -2.17. The fraction of sp³-hybridized carbons (Fsp3) is 0.0625. The summed E-state index contributed by atoms with van der Waals surface area (Å²) in [7, 11) is 0. The Kier molecular flexibility index (Phi) is 3.65. The van der Waals surface area contributed by atoms with E-state index in [1.54, 1.807) is 18.2 Å². The number of hydrogen-bond acceptors (Lipinski definition) is 3. The monoisotopic (exact) mass is 314 g/mol. The molecule has 0 aromatic heterocycles. The minimum absolute atomic E-state index is 0.0765. The minimum Gasteiger partial charge on any atom is -0.303 e. The van der Waals surface area contributed by atoms with Gasteiger partial charge in [-0.3, -0.25) is 14.9 Å². The van der Waals surface area contributed by atoms with Gasteiger partial charge in [0.2, 0.25) is 6.20 Å². The summed E-state index contributed by atoms with van der Waals surface area (Å²) in [6.45, 7) is 0.335. The van der Waals surface area contributed by atoms with Crippen molar-refractivity contribution in [2.45, 2.75) is 6.54 Å². The SMILES string of the molecule is O=C1C(=C[N+](=O)[O-])c2ccc(Cl)cc2N1Cc1ccccc1. The van der Waals surface area contributed by atoms with Crippen molar-refractivity contribution in [2.75, 3.05) is 4.90 Å². The van der Waals surface area contributed by atoms with Crippen molar-refractivity contribution in [3.05, 3.63) is 81.0 Å². The molecule has 2 aromatic carbocycles. The number of benzene rings is 2. The van der Waals surface area contributed by atoms with Gasteiger partial charge < -0.3 is 4.90 Å². The van der Waals surface area contributed by atoms with Crippen LogP contribution >= 0.6 is 11.6 Å². The molecule has 110 valence electrons. The van der Waals surface area contributed by atoms with E-state index in [1.165, 1.54) is 4.90 Å². The molecule has 1 heterocycles. The molecule has 2 aromatic rings. The lowest BCUT2D eigenvalue weighted by molar-refractivity contribution is -0.401. The van der Waals surface area contributed by atoms with Crippen LogP contribution in [0.4, 0.5) is 5.69 Å². The predicted octanol–water partition coefficient (Wildman–Crippen LogP) is 3.50. The average Bonchev–Trinajstić information content (AvgIpc) is 2.73. The Labute approximate surface area is 131 Å². The van der Waals surface area contributed by atoms with E-state index in [0.717, 1.165) is 11.8 Å². The Hall–Kier alpha value is -2.66. The molecule has 22 heavy (non-hydrogen) atoms. The molecule has 0 unspecified atom stereocenters. The van der Waals surface area contributed by atoms with Gasteiger partial charge in [-0.15, -0.1) is 0 Å². The van der Waals surface area contributed by atoms with E-state index in [4.69, 9.17) is 11.6 Å². The van der Waals surface area contributed by atoms with Gasteiger partial charge in [-0.25, -0.2) is 0 Å². The van der Waals surface area contributed by atoms with Gasteiger partial charge in [0.05, 0.1) is 17.2 Å². The van der Waals surface area contributed by atoms with Crippen LogP contribution in [-0.4, -0.2) is 10.8 Å². The van der Waals surface area contributed by atoms with E-state index in [-0.39, 0.29) is 5.57 Å². The highest BCUT2D eigenvalue weighted by Gasteiger charge is 2.34. The molecule has 1 aliphatic heterocycles. The van der Waals surface area contributed by atoms with E-state index >= 15 is 0 Å². The Morgan fingerprint density at radius 1 is 1.18 bits per heavy atom. The number of halogens is 1. The molecule has 6 heteroatoms. The summed E-state index contributed by atoms with van der Waals surface area (Å²) in [5.41, 5.74) is 2.13. The van der Waals surface area contributed by atoms with Crippen LogP contribution in [-0.2, 0) is 11.3 Å². The van der Waals surface area contributed by atoms with Crippen LogP contribution in [0.15, 0.2) is 54.7 Å². The Balaban J connectivity index is 2.07. The average molecular weight is 315 g/mol. The van der Waals surface area contributed by atoms with Crippen molar-refractivity contribution in [3.63, 3.8) is 0 Å².